The standard InChI is InChI=1S/C15H19NO/c1-4-8-15(13(3)17)12(2)16-11-14-9-6-5-7-10-14/h4-7,9-10,16H,1,8,11H2,2-3H3. The van der Waals surface area contributed by atoms with Crippen LogP contribution in [0.15, 0.2) is 54.3 Å². The van der Waals surface area contributed by atoms with Crippen LogP contribution in [-0.2, 0) is 11.3 Å². The van der Waals surface area contributed by atoms with Crippen LogP contribution in [0.25, 0.3) is 0 Å². The zero-order chi connectivity index (χ0) is 12.7. The van der Waals surface area contributed by atoms with E-state index >= 15 is 0 Å². The number of hydrogen-bond donors (Lipinski definition) is 1. The highest BCUT2D eigenvalue weighted by Crippen LogP contribution is 2.09. The molecule has 0 aromatic heterocycles. The Morgan fingerprint density at radius 3 is 2.47 bits per heavy atom. The van der Waals surface area contributed by atoms with Gasteiger partial charge in [-0.3, -0.25) is 4.79 Å². The van der Waals surface area contributed by atoms with Crippen LogP contribution in [0, 0.1) is 0 Å². The molecule has 0 aliphatic rings. The van der Waals surface area contributed by atoms with E-state index in [4.69, 9.17) is 0 Å². The van der Waals surface area contributed by atoms with Crippen LogP contribution in [0.4, 0.5) is 0 Å². The van der Waals surface area contributed by atoms with Gasteiger partial charge in [0, 0.05) is 17.8 Å². The molecule has 90 valence electrons. The number of benzene rings is 1. The molecule has 0 heterocycles. The summed E-state index contributed by atoms with van der Waals surface area (Å²) in [4.78, 5) is 11.4. The molecule has 0 saturated carbocycles. The minimum Gasteiger partial charge on any atom is -0.384 e. The van der Waals surface area contributed by atoms with Crippen molar-refractivity contribution in [3.8, 4) is 0 Å². The molecular weight excluding hydrogens is 210 g/mol. The first kappa shape index (κ1) is 13.2. The van der Waals surface area contributed by atoms with Crippen LogP contribution in [-0.4, -0.2) is 5.78 Å². The SMILES string of the molecule is C=CCC(C(C)=O)=C(C)NCc1ccccc1. The second kappa shape index (κ2) is 6.69. The Morgan fingerprint density at radius 2 is 1.94 bits per heavy atom. The Balaban J connectivity index is 2.69. The van der Waals surface area contributed by atoms with Crippen LogP contribution < -0.4 is 5.32 Å². The molecule has 0 unspecified atom stereocenters. The highest BCUT2D eigenvalue weighted by molar-refractivity contribution is 5.94. The summed E-state index contributed by atoms with van der Waals surface area (Å²) in [5.74, 6) is 0.1000. The number of carbonyl (C=O) groups excluding carboxylic acids is 1. The van der Waals surface area contributed by atoms with Gasteiger partial charge in [0.05, 0.1) is 0 Å². The molecule has 0 atom stereocenters. The predicted molar refractivity (Wildman–Crippen MR) is 71.5 cm³/mol. The lowest BCUT2D eigenvalue weighted by Crippen LogP contribution is -2.15. The van der Waals surface area contributed by atoms with Crippen molar-refractivity contribution in [2.24, 2.45) is 0 Å². The second-order valence-electron chi connectivity index (χ2n) is 3.99. The first-order valence-corrected chi connectivity index (χ1v) is 5.74. The maximum atomic E-state index is 11.4. The Bertz CT molecular complexity index is 418. The maximum Gasteiger partial charge on any atom is 0.157 e. The minimum absolute atomic E-state index is 0.1000. The van der Waals surface area contributed by atoms with Gasteiger partial charge in [-0.2, -0.15) is 0 Å². The van der Waals surface area contributed by atoms with Crippen molar-refractivity contribution in [1.82, 2.24) is 5.32 Å². The highest BCUT2D eigenvalue weighted by Gasteiger charge is 2.06. The molecule has 0 amide bonds. The van der Waals surface area contributed by atoms with Gasteiger partial charge in [-0.25, -0.2) is 0 Å². The quantitative estimate of drug-likeness (QED) is 0.599. The van der Waals surface area contributed by atoms with E-state index in [1.807, 2.05) is 25.1 Å². The van der Waals surface area contributed by atoms with Gasteiger partial charge in [-0.05, 0) is 25.8 Å². The number of ketones is 1. The number of Topliss-reactive ketones (excluding diaryl/α,β-unsaturated/α-hetero) is 1. The molecule has 17 heavy (non-hydrogen) atoms. The van der Waals surface area contributed by atoms with E-state index in [0.717, 1.165) is 17.8 Å². The minimum atomic E-state index is 0.1000. The first-order valence-electron chi connectivity index (χ1n) is 5.74. The van der Waals surface area contributed by atoms with E-state index in [-0.39, 0.29) is 5.78 Å². The molecule has 0 radical (unpaired) electrons. The van der Waals surface area contributed by atoms with Gasteiger partial charge in [-0.1, -0.05) is 36.4 Å². The molecule has 0 aliphatic carbocycles. The fraction of sp³-hybridized carbons (Fsp3) is 0.267. The first-order chi connectivity index (χ1) is 8.15. The molecule has 1 N–H and O–H groups in total. The van der Waals surface area contributed by atoms with Gasteiger partial charge < -0.3 is 5.32 Å². The van der Waals surface area contributed by atoms with E-state index in [0.29, 0.717) is 6.42 Å². The molecular formula is C15H19NO. The van der Waals surface area contributed by atoms with E-state index in [1.54, 1.807) is 13.0 Å². The van der Waals surface area contributed by atoms with E-state index in [1.165, 1.54) is 5.56 Å². The Hall–Kier alpha value is -1.83. The molecule has 0 fully saturated rings. The highest BCUT2D eigenvalue weighted by atomic mass is 16.1. The van der Waals surface area contributed by atoms with Gasteiger partial charge in [-0.15, -0.1) is 6.58 Å². The second-order valence-corrected chi connectivity index (χ2v) is 3.99. The predicted octanol–water partition coefficient (Wildman–Crippen LogP) is 3.22. The van der Waals surface area contributed by atoms with Crippen molar-refractivity contribution in [3.05, 3.63) is 59.8 Å². The summed E-state index contributed by atoms with van der Waals surface area (Å²) in [6, 6.07) is 10.1. The van der Waals surface area contributed by atoms with Crippen molar-refractivity contribution in [3.63, 3.8) is 0 Å². The summed E-state index contributed by atoms with van der Waals surface area (Å²) in [5, 5.41) is 3.28. The smallest absolute Gasteiger partial charge is 0.157 e. The number of carbonyl (C=O) groups is 1. The molecule has 2 heteroatoms. The van der Waals surface area contributed by atoms with Gasteiger partial charge in [0.1, 0.15) is 0 Å². The van der Waals surface area contributed by atoms with Crippen LogP contribution >= 0.6 is 0 Å². The fourth-order valence-corrected chi connectivity index (χ4v) is 1.64. The molecule has 0 saturated heterocycles. The summed E-state index contributed by atoms with van der Waals surface area (Å²) in [6.45, 7) is 7.93. The van der Waals surface area contributed by atoms with E-state index in [2.05, 4.69) is 24.0 Å². The molecule has 0 spiro atoms. The topological polar surface area (TPSA) is 29.1 Å². The third-order valence-corrected chi connectivity index (χ3v) is 2.63. The van der Waals surface area contributed by atoms with E-state index in [9.17, 15) is 4.79 Å². The summed E-state index contributed by atoms with van der Waals surface area (Å²) in [7, 11) is 0. The Labute approximate surface area is 103 Å². The van der Waals surface area contributed by atoms with Gasteiger partial charge >= 0.3 is 0 Å². The van der Waals surface area contributed by atoms with Crippen LogP contribution in [0.5, 0.6) is 0 Å². The third kappa shape index (κ3) is 4.27. The van der Waals surface area contributed by atoms with Gasteiger partial charge in [0.25, 0.3) is 0 Å². The van der Waals surface area contributed by atoms with Gasteiger partial charge in [0.2, 0.25) is 0 Å². The van der Waals surface area contributed by atoms with Crippen molar-refractivity contribution in [2.75, 3.05) is 0 Å². The average molecular weight is 229 g/mol. The summed E-state index contributed by atoms with van der Waals surface area (Å²) >= 11 is 0. The van der Waals surface area contributed by atoms with Crippen molar-refractivity contribution in [1.29, 1.82) is 0 Å². The van der Waals surface area contributed by atoms with Crippen molar-refractivity contribution >= 4 is 5.78 Å². The zero-order valence-electron chi connectivity index (χ0n) is 10.5. The van der Waals surface area contributed by atoms with Gasteiger partial charge in [0.15, 0.2) is 5.78 Å². The molecule has 1 aromatic carbocycles. The van der Waals surface area contributed by atoms with Crippen LogP contribution in [0.3, 0.4) is 0 Å². The fourth-order valence-electron chi connectivity index (χ4n) is 1.64. The molecule has 1 rings (SSSR count). The zero-order valence-corrected chi connectivity index (χ0v) is 10.5. The lowest BCUT2D eigenvalue weighted by Gasteiger charge is -2.11. The number of nitrogens with one attached hydrogen (secondary N) is 1. The maximum absolute atomic E-state index is 11.4. The van der Waals surface area contributed by atoms with Crippen molar-refractivity contribution in [2.45, 2.75) is 26.8 Å². The summed E-state index contributed by atoms with van der Waals surface area (Å²) < 4.78 is 0. The number of hydrogen-bond acceptors (Lipinski definition) is 2. The Morgan fingerprint density at radius 1 is 1.29 bits per heavy atom. The molecule has 2 nitrogen and oxygen atoms in total. The van der Waals surface area contributed by atoms with E-state index < -0.39 is 0 Å². The van der Waals surface area contributed by atoms with Crippen LogP contribution in [0.2, 0.25) is 0 Å². The normalized spacial score (nSPS) is 11.6. The Kier molecular flexibility index (Phi) is 5.21. The van der Waals surface area contributed by atoms with Crippen molar-refractivity contribution < 1.29 is 4.79 Å². The monoisotopic (exact) mass is 229 g/mol. The van der Waals surface area contributed by atoms with Crippen LogP contribution in [0.1, 0.15) is 25.8 Å². The molecule has 0 aliphatic heterocycles. The lowest BCUT2D eigenvalue weighted by atomic mass is 10.1. The third-order valence-electron chi connectivity index (χ3n) is 2.63. The average Bonchev–Trinajstić information content (AvgIpc) is 2.34. The summed E-state index contributed by atoms with van der Waals surface area (Å²) in [5.41, 5.74) is 2.94. The molecule has 0 bridgehead atoms. The largest absolute Gasteiger partial charge is 0.384 e. The summed E-state index contributed by atoms with van der Waals surface area (Å²) in [6.07, 6.45) is 2.37. The number of allylic oxidation sites excluding steroid dienone is 3. The molecule has 1 aromatic rings. The number of rotatable bonds is 6. The lowest BCUT2D eigenvalue weighted by molar-refractivity contribution is -0.113.